The van der Waals surface area contributed by atoms with Crippen molar-refractivity contribution in [1.82, 2.24) is 0 Å². The molecular formula is C22H31IO4S. The van der Waals surface area contributed by atoms with Gasteiger partial charge in [-0.05, 0) is 35.8 Å². The molecule has 0 radical (unpaired) electrons. The van der Waals surface area contributed by atoms with Crippen molar-refractivity contribution >= 4 is 10.4 Å². The maximum absolute atomic E-state index is 8.63. The number of hydrogen-bond donors (Lipinski definition) is 1. The lowest BCUT2D eigenvalue weighted by molar-refractivity contribution is -0.599. The van der Waals surface area contributed by atoms with Crippen LogP contribution in [0.1, 0.15) is 65.5 Å². The van der Waals surface area contributed by atoms with Crippen molar-refractivity contribution in [3.63, 3.8) is 0 Å². The van der Waals surface area contributed by atoms with Crippen LogP contribution in [-0.4, -0.2) is 17.5 Å². The van der Waals surface area contributed by atoms with Gasteiger partial charge in [-0.1, -0.05) is 77.9 Å². The van der Waals surface area contributed by atoms with Gasteiger partial charge in [0.05, 0.1) is 0 Å². The number of rotatable bonds is 6. The lowest BCUT2D eigenvalue weighted by Crippen LogP contribution is -3.62. The van der Waals surface area contributed by atoms with Gasteiger partial charge in [0.1, 0.15) is 0 Å². The quantitative estimate of drug-likeness (QED) is 0.362. The molecule has 1 N–H and O–H groups in total. The van der Waals surface area contributed by atoms with Gasteiger partial charge in [0.25, 0.3) is 0 Å². The standard InChI is InChI=1S/C22H30I.H2O4S/c1-7-21(3,4)17-13-9-11-15-19(17)23-20-16-12-10-14-18(20)22(5,6)8-2;1-5(2,3)4/h9-16H,7-8H2,1-6H3;(H2,1,2,3,4)/q+1;/p-1. The Hall–Kier alpha value is -0.960. The summed E-state index contributed by atoms with van der Waals surface area (Å²) in [5, 5.41) is 0. The molecule has 2 aromatic rings. The maximum atomic E-state index is 8.63. The van der Waals surface area contributed by atoms with E-state index in [1.165, 1.54) is 12.8 Å². The second kappa shape index (κ2) is 10.2. The minimum absolute atomic E-state index is 0.159. The summed E-state index contributed by atoms with van der Waals surface area (Å²) in [5.41, 5.74) is 3.59. The molecule has 0 saturated carbocycles. The van der Waals surface area contributed by atoms with E-state index in [1.54, 1.807) is 18.3 Å². The molecular weight excluding hydrogens is 487 g/mol. The number of benzene rings is 2. The molecule has 28 heavy (non-hydrogen) atoms. The Morgan fingerprint density at radius 2 is 1.11 bits per heavy atom. The second-order valence-electron chi connectivity index (χ2n) is 7.96. The zero-order valence-electron chi connectivity index (χ0n) is 17.5. The smallest absolute Gasteiger partial charge is 0.358 e. The van der Waals surface area contributed by atoms with Crippen molar-refractivity contribution in [2.45, 2.75) is 65.2 Å². The summed E-state index contributed by atoms with van der Waals surface area (Å²) >= 11 is -0.159. The first-order valence-electron chi connectivity index (χ1n) is 9.34. The second-order valence-corrected chi connectivity index (χ2v) is 11.7. The van der Waals surface area contributed by atoms with Gasteiger partial charge in [-0.3, -0.25) is 4.55 Å². The lowest BCUT2D eigenvalue weighted by Gasteiger charge is -2.24. The molecule has 156 valence electrons. The van der Waals surface area contributed by atoms with Gasteiger partial charge < -0.3 is 4.55 Å². The third-order valence-corrected chi connectivity index (χ3v) is 8.22. The van der Waals surface area contributed by atoms with Crippen molar-refractivity contribution in [3.8, 4) is 0 Å². The average Bonchev–Trinajstić information content (AvgIpc) is 2.61. The SMILES string of the molecule is CCC(C)(C)c1ccccc1[I+]c1ccccc1C(C)(C)CC.O=S(=O)([O-])O. The summed E-state index contributed by atoms with van der Waals surface area (Å²) in [6, 6.07) is 18.2. The minimum Gasteiger partial charge on any atom is -0.726 e. The summed E-state index contributed by atoms with van der Waals surface area (Å²) in [6.07, 6.45) is 2.35. The molecule has 0 aliphatic heterocycles. The first kappa shape index (κ1) is 25.1. The fourth-order valence-electron chi connectivity index (χ4n) is 2.68. The molecule has 0 amide bonds. The molecule has 0 unspecified atom stereocenters. The van der Waals surface area contributed by atoms with E-state index in [1.807, 2.05) is 0 Å². The molecule has 0 heterocycles. The predicted molar refractivity (Wildman–Crippen MR) is 109 cm³/mol. The third kappa shape index (κ3) is 7.81. The van der Waals surface area contributed by atoms with Crippen molar-refractivity contribution in [1.29, 1.82) is 0 Å². The van der Waals surface area contributed by atoms with Gasteiger partial charge in [0, 0.05) is 11.1 Å². The predicted octanol–water partition coefficient (Wildman–Crippen LogP) is 2.19. The van der Waals surface area contributed by atoms with Crippen molar-refractivity contribution in [3.05, 3.63) is 66.8 Å². The van der Waals surface area contributed by atoms with Gasteiger partial charge in [-0.25, -0.2) is 8.42 Å². The molecule has 6 heteroatoms. The van der Waals surface area contributed by atoms with Crippen molar-refractivity contribution < 1.29 is 38.7 Å². The van der Waals surface area contributed by atoms with E-state index < -0.39 is 10.4 Å². The highest BCUT2D eigenvalue weighted by atomic mass is 127. The van der Waals surface area contributed by atoms with Gasteiger partial charge in [-0.15, -0.1) is 0 Å². The van der Waals surface area contributed by atoms with E-state index in [-0.39, 0.29) is 32.0 Å². The normalized spacial score (nSPS) is 12.3. The molecule has 0 atom stereocenters. The topological polar surface area (TPSA) is 77.4 Å². The van der Waals surface area contributed by atoms with E-state index in [9.17, 15) is 0 Å². The van der Waals surface area contributed by atoms with Crippen LogP contribution >= 0.6 is 0 Å². The highest BCUT2D eigenvalue weighted by Crippen LogP contribution is 2.27. The molecule has 0 aliphatic carbocycles. The van der Waals surface area contributed by atoms with Crippen LogP contribution in [-0.2, 0) is 21.2 Å². The van der Waals surface area contributed by atoms with Crippen molar-refractivity contribution in [2.24, 2.45) is 0 Å². The van der Waals surface area contributed by atoms with Crippen LogP contribution in [0.15, 0.2) is 48.5 Å². The van der Waals surface area contributed by atoms with E-state index in [0.29, 0.717) is 0 Å². The van der Waals surface area contributed by atoms with Crippen molar-refractivity contribution in [2.75, 3.05) is 0 Å². The fourth-order valence-corrected chi connectivity index (χ4v) is 6.48. The highest BCUT2D eigenvalue weighted by molar-refractivity contribution is 7.79. The molecule has 0 bridgehead atoms. The Morgan fingerprint density at radius 1 is 0.821 bits per heavy atom. The molecule has 2 rings (SSSR count). The van der Waals surface area contributed by atoms with Gasteiger partial charge >= 0.3 is 21.2 Å². The van der Waals surface area contributed by atoms with Gasteiger partial charge in [0.2, 0.25) is 10.4 Å². The van der Waals surface area contributed by atoms with Crippen LogP contribution in [0.3, 0.4) is 0 Å². The summed E-state index contributed by atoms with van der Waals surface area (Å²) in [5.74, 6) is 0. The Labute approximate surface area is 180 Å². The summed E-state index contributed by atoms with van der Waals surface area (Å²) in [7, 11) is -4.92. The summed E-state index contributed by atoms with van der Waals surface area (Å²) in [6.45, 7) is 14.1. The fraction of sp³-hybridized carbons (Fsp3) is 0.455. The zero-order chi connectivity index (χ0) is 21.6. The third-order valence-electron chi connectivity index (χ3n) is 5.18. The number of halogens is 1. The lowest BCUT2D eigenvalue weighted by atomic mass is 9.82. The Kier molecular flexibility index (Phi) is 9.12. The summed E-state index contributed by atoms with van der Waals surface area (Å²) < 4.78 is 36.0. The maximum Gasteiger partial charge on any atom is 0.358 e. The van der Waals surface area contributed by atoms with Crippen LogP contribution in [0.25, 0.3) is 0 Å². The van der Waals surface area contributed by atoms with E-state index in [2.05, 4.69) is 90.1 Å². The monoisotopic (exact) mass is 518 g/mol. The van der Waals surface area contributed by atoms with E-state index >= 15 is 0 Å². The van der Waals surface area contributed by atoms with Gasteiger partial charge in [0.15, 0.2) is 7.14 Å². The van der Waals surface area contributed by atoms with Crippen LogP contribution in [0.2, 0.25) is 0 Å². The first-order valence-corrected chi connectivity index (χ1v) is 12.9. The Bertz CT molecular complexity index is 808. The zero-order valence-corrected chi connectivity index (χ0v) is 20.5. The number of hydrogen-bond acceptors (Lipinski definition) is 3. The molecule has 4 nitrogen and oxygen atoms in total. The molecule has 0 fully saturated rings. The molecule has 0 aliphatic rings. The van der Waals surface area contributed by atoms with Gasteiger partial charge in [-0.2, -0.15) is 0 Å². The highest BCUT2D eigenvalue weighted by Gasteiger charge is 2.32. The van der Waals surface area contributed by atoms with Crippen LogP contribution < -0.4 is 21.2 Å². The first-order chi connectivity index (χ1) is 12.8. The van der Waals surface area contributed by atoms with E-state index in [4.69, 9.17) is 17.5 Å². The van der Waals surface area contributed by atoms with Crippen LogP contribution in [0, 0.1) is 7.14 Å². The molecule has 2 aromatic carbocycles. The molecule has 0 spiro atoms. The Morgan fingerprint density at radius 3 is 1.39 bits per heavy atom. The largest absolute Gasteiger partial charge is 0.726 e. The molecule has 0 aromatic heterocycles. The molecule has 0 saturated heterocycles. The average molecular weight is 518 g/mol. The van der Waals surface area contributed by atoms with E-state index in [0.717, 1.165) is 0 Å². The Balaban J connectivity index is 0.000000696. The summed E-state index contributed by atoms with van der Waals surface area (Å²) in [4.78, 5) is 0. The van der Waals surface area contributed by atoms with Crippen LogP contribution in [0.4, 0.5) is 0 Å². The minimum atomic E-state index is -4.92. The van der Waals surface area contributed by atoms with Crippen LogP contribution in [0.5, 0.6) is 0 Å².